The van der Waals surface area contributed by atoms with Crippen molar-refractivity contribution >= 4 is 5.97 Å². The molecular weight excluding hydrogens is 325 g/mol. The van der Waals surface area contributed by atoms with Crippen molar-refractivity contribution in [2.45, 2.75) is 36.5 Å². The van der Waals surface area contributed by atoms with Crippen LogP contribution >= 0.6 is 0 Å². The van der Waals surface area contributed by atoms with E-state index in [9.17, 15) is 53.2 Å². The zero-order valence-corrected chi connectivity index (χ0v) is 8.71. The molecule has 0 rings (SSSR count). The number of alkyl halides is 10. The van der Waals surface area contributed by atoms with E-state index in [1.165, 1.54) is 0 Å². The van der Waals surface area contributed by atoms with Crippen LogP contribution in [0.3, 0.4) is 0 Å². The summed E-state index contributed by atoms with van der Waals surface area (Å²) in [6.07, 6.45) is -14.2. The van der Waals surface area contributed by atoms with Crippen molar-refractivity contribution in [1.29, 1.82) is 0 Å². The van der Waals surface area contributed by atoms with Crippen molar-refractivity contribution in [1.82, 2.24) is 0 Å². The molecule has 0 N–H and O–H groups in total. The van der Waals surface area contributed by atoms with Crippen LogP contribution in [0.2, 0.25) is 0 Å². The van der Waals surface area contributed by atoms with Gasteiger partial charge in [0, 0.05) is 4.53 Å². The number of halogens is 11. The van der Waals surface area contributed by atoms with Crippen LogP contribution in [-0.4, -0.2) is 42.5 Å². The van der Waals surface area contributed by atoms with Crippen LogP contribution < -0.4 is 0 Å². The van der Waals surface area contributed by atoms with E-state index in [0.29, 0.717) is 0 Å². The van der Waals surface area contributed by atoms with Crippen LogP contribution in [0.25, 0.3) is 0 Å². The molecule has 0 amide bonds. The lowest BCUT2D eigenvalue weighted by Gasteiger charge is -2.33. The Bertz CT molecular complexity index is 355. The summed E-state index contributed by atoms with van der Waals surface area (Å²) in [5.74, 6) is -24.2. The molecule has 20 heavy (non-hydrogen) atoms. The molecule has 2 unspecified atom stereocenters. The number of carbonyl (C=O) groups excluding carboxylic acids is 1. The smallest absolute Gasteiger partial charge is 0.248 e. The Morgan fingerprint density at radius 3 is 1.60 bits per heavy atom. The van der Waals surface area contributed by atoms with E-state index in [-0.39, 0.29) is 0 Å². The Morgan fingerprint density at radius 1 is 0.900 bits per heavy atom. The van der Waals surface area contributed by atoms with Crippen molar-refractivity contribution in [2.75, 3.05) is 0 Å². The number of rotatable bonds is 6. The quantitative estimate of drug-likeness (QED) is 0.700. The predicted molar refractivity (Wildman–Crippen MR) is 37.8 cm³/mol. The molecule has 0 aliphatic heterocycles. The summed E-state index contributed by atoms with van der Waals surface area (Å²) in [5.41, 5.74) is 0. The molecule has 0 saturated heterocycles. The fourth-order valence-electron chi connectivity index (χ4n) is 0.887. The topological polar surface area (TPSA) is 26.3 Å². The van der Waals surface area contributed by atoms with E-state index in [1.807, 2.05) is 0 Å². The van der Waals surface area contributed by atoms with Crippen molar-refractivity contribution in [3.8, 4) is 0 Å². The van der Waals surface area contributed by atoms with Gasteiger partial charge in [-0.25, -0.2) is 27.3 Å². The van der Waals surface area contributed by atoms with Crippen LogP contribution in [-0.2, 0) is 9.74 Å². The maximum Gasteiger partial charge on any atom is 0.424 e. The minimum absolute atomic E-state index is 1.62. The number of carbonyl (C=O) groups is 1. The van der Waals surface area contributed by atoms with Gasteiger partial charge in [-0.1, -0.05) is 0 Å². The summed E-state index contributed by atoms with van der Waals surface area (Å²) in [6.45, 7) is 0. The van der Waals surface area contributed by atoms with Gasteiger partial charge in [-0.2, -0.15) is 26.3 Å². The molecule has 120 valence electrons. The first-order valence-corrected chi connectivity index (χ1v) is 4.27. The summed E-state index contributed by atoms with van der Waals surface area (Å²) < 4.78 is 135. The highest BCUT2D eigenvalue weighted by molar-refractivity contribution is 5.78. The standard InChI is InChI=1S/C7H3F11O2/c8-1(3(10)11)2(9)5(12,13)7(16,17)6(14,15)4(19)20-18/h1-3H. The minimum atomic E-state index is -7.03. The number of hydrogen-bond donors (Lipinski definition) is 0. The molecule has 0 aromatic heterocycles. The largest absolute Gasteiger partial charge is 0.424 e. The molecule has 0 saturated carbocycles. The van der Waals surface area contributed by atoms with Crippen LogP contribution in [0.5, 0.6) is 0 Å². The molecule has 0 bridgehead atoms. The summed E-state index contributed by atoms with van der Waals surface area (Å²) in [4.78, 5) is 11.5. The van der Waals surface area contributed by atoms with E-state index < -0.39 is 42.5 Å². The van der Waals surface area contributed by atoms with Crippen molar-refractivity contribution < 1.29 is 58.2 Å². The lowest BCUT2D eigenvalue weighted by atomic mass is 9.98. The van der Waals surface area contributed by atoms with Crippen molar-refractivity contribution in [3.05, 3.63) is 0 Å². The van der Waals surface area contributed by atoms with Gasteiger partial charge in [0.25, 0.3) is 6.43 Å². The van der Waals surface area contributed by atoms with Crippen LogP contribution in [0.4, 0.5) is 48.4 Å². The Kier molecular flexibility index (Phi) is 5.23. The molecule has 0 aliphatic rings. The molecule has 0 spiro atoms. The molecule has 0 fully saturated rings. The molecule has 0 aliphatic carbocycles. The van der Waals surface area contributed by atoms with Gasteiger partial charge in [-0.3, -0.25) is 0 Å². The Labute approximate surface area is 102 Å². The maximum atomic E-state index is 12.7. The molecule has 13 heteroatoms. The highest BCUT2D eigenvalue weighted by atomic mass is 19.4. The summed E-state index contributed by atoms with van der Waals surface area (Å²) in [6, 6.07) is 0. The zero-order chi connectivity index (χ0) is 16.5. The van der Waals surface area contributed by atoms with E-state index >= 15 is 0 Å². The van der Waals surface area contributed by atoms with Crippen LogP contribution in [0, 0.1) is 0 Å². The minimum Gasteiger partial charge on any atom is -0.248 e. The number of hydrogen-bond acceptors (Lipinski definition) is 2. The van der Waals surface area contributed by atoms with Gasteiger partial charge in [0.1, 0.15) is 0 Å². The normalized spacial score (nSPS) is 17.0. The third kappa shape index (κ3) is 2.75. The first-order valence-electron chi connectivity index (χ1n) is 4.27. The SMILES string of the molecule is O=C(OF)C(F)(F)C(F)(F)C(F)(F)C(F)C(F)C(F)F. The third-order valence-electron chi connectivity index (χ3n) is 2.01. The monoisotopic (exact) mass is 328 g/mol. The van der Waals surface area contributed by atoms with Gasteiger partial charge in [0.05, 0.1) is 0 Å². The Hall–Kier alpha value is -1.30. The third-order valence-corrected chi connectivity index (χ3v) is 2.01. The molecule has 2 atom stereocenters. The van der Waals surface area contributed by atoms with Crippen LogP contribution in [0.1, 0.15) is 0 Å². The average molecular weight is 328 g/mol. The summed E-state index contributed by atoms with van der Waals surface area (Å²) in [7, 11) is 0. The molecule has 0 aromatic rings. The van der Waals surface area contributed by atoms with Gasteiger partial charge < -0.3 is 0 Å². The lowest BCUT2D eigenvalue weighted by Crippen LogP contribution is -2.63. The molecule has 0 aromatic carbocycles. The first-order chi connectivity index (χ1) is 8.75. The van der Waals surface area contributed by atoms with Gasteiger partial charge in [-0.15, -0.1) is 0 Å². The Morgan fingerprint density at radius 2 is 1.30 bits per heavy atom. The van der Waals surface area contributed by atoms with Crippen molar-refractivity contribution in [2.24, 2.45) is 0 Å². The zero-order valence-electron chi connectivity index (χ0n) is 8.71. The molecule has 2 nitrogen and oxygen atoms in total. The first kappa shape index (κ1) is 18.7. The van der Waals surface area contributed by atoms with Gasteiger partial charge >= 0.3 is 23.7 Å². The van der Waals surface area contributed by atoms with Crippen molar-refractivity contribution in [3.63, 3.8) is 0 Å². The lowest BCUT2D eigenvalue weighted by molar-refractivity contribution is -0.332. The molecule has 0 heterocycles. The Balaban J connectivity index is 5.62. The van der Waals surface area contributed by atoms with Crippen LogP contribution in [0.15, 0.2) is 0 Å². The van der Waals surface area contributed by atoms with E-state index in [4.69, 9.17) is 0 Å². The van der Waals surface area contributed by atoms with Gasteiger partial charge in [0.2, 0.25) is 6.17 Å². The summed E-state index contributed by atoms with van der Waals surface area (Å²) >= 11 is 0. The second kappa shape index (κ2) is 5.60. The predicted octanol–water partition coefficient (Wildman–Crippen LogP) is 3.26. The molecule has 0 radical (unpaired) electrons. The fraction of sp³-hybridized carbons (Fsp3) is 0.857. The average Bonchev–Trinajstić information content (AvgIpc) is 2.34. The second-order valence-corrected chi connectivity index (χ2v) is 3.32. The summed E-state index contributed by atoms with van der Waals surface area (Å²) in [5, 5.41) is 0. The van der Waals surface area contributed by atoms with E-state index in [0.717, 1.165) is 0 Å². The fourth-order valence-corrected chi connectivity index (χ4v) is 0.887. The van der Waals surface area contributed by atoms with Gasteiger partial charge in [0.15, 0.2) is 6.17 Å². The molecular formula is C7H3F11O2. The maximum absolute atomic E-state index is 12.7. The van der Waals surface area contributed by atoms with E-state index in [2.05, 4.69) is 0 Å². The van der Waals surface area contributed by atoms with E-state index in [1.54, 1.807) is 4.94 Å². The highest BCUT2D eigenvalue weighted by Gasteiger charge is 2.79. The van der Waals surface area contributed by atoms with Gasteiger partial charge in [-0.05, 0) is 0 Å². The second-order valence-electron chi connectivity index (χ2n) is 3.32. The highest BCUT2D eigenvalue weighted by Crippen LogP contribution is 2.50.